The van der Waals surface area contributed by atoms with E-state index in [1.165, 1.54) is 19.1 Å². The van der Waals surface area contributed by atoms with Gasteiger partial charge in [-0.05, 0) is 13.0 Å². The summed E-state index contributed by atoms with van der Waals surface area (Å²) in [6.07, 6.45) is -8.86. The number of hydrogen-bond acceptors (Lipinski definition) is 7. The number of nitro benzene ring substituents is 1. The van der Waals surface area contributed by atoms with Crippen LogP contribution in [0, 0.1) is 10.1 Å². The molecule has 1 N–H and O–H groups in total. The fourth-order valence-electron chi connectivity index (χ4n) is 2.92. The van der Waals surface area contributed by atoms with E-state index in [4.69, 9.17) is 0 Å². The summed E-state index contributed by atoms with van der Waals surface area (Å²) in [7, 11) is 0. The van der Waals surface area contributed by atoms with Gasteiger partial charge in [0.2, 0.25) is 5.91 Å². The number of rotatable bonds is 10. The lowest BCUT2D eigenvalue weighted by Gasteiger charge is -2.17. The first-order chi connectivity index (χ1) is 18.2. The minimum absolute atomic E-state index is 0.0471. The number of halogens is 7. The highest BCUT2D eigenvalue weighted by Gasteiger charge is 2.42. The third kappa shape index (κ3) is 8.02. The number of non-ortho nitro benzene ring substituents is 1. The van der Waals surface area contributed by atoms with Crippen LogP contribution in [0.5, 0.6) is 5.75 Å². The van der Waals surface area contributed by atoms with Gasteiger partial charge in [-0.25, -0.2) is 18.7 Å². The second-order valence-corrected chi connectivity index (χ2v) is 9.17. The smallest absolute Gasteiger partial charge is 0.433 e. The van der Waals surface area contributed by atoms with Crippen molar-refractivity contribution in [3.05, 3.63) is 70.4 Å². The number of benzene rings is 2. The Balaban J connectivity index is 1.82. The van der Waals surface area contributed by atoms with Gasteiger partial charge in [-0.15, -0.1) is 0 Å². The number of carbonyl (C=O) groups excluding carboxylic acids is 1. The van der Waals surface area contributed by atoms with Crippen molar-refractivity contribution in [2.45, 2.75) is 35.9 Å². The fourth-order valence-corrected chi connectivity index (χ4v) is 3.71. The van der Waals surface area contributed by atoms with Crippen LogP contribution in [0.4, 0.5) is 42.1 Å². The third-order valence-corrected chi connectivity index (χ3v) is 5.80. The number of alkyl halides is 7. The van der Waals surface area contributed by atoms with Crippen molar-refractivity contribution in [1.82, 2.24) is 9.97 Å². The van der Waals surface area contributed by atoms with Crippen molar-refractivity contribution in [2.24, 2.45) is 0 Å². The summed E-state index contributed by atoms with van der Waals surface area (Å²) in [6.45, 7) is -0.494. The van der Waals surface area contributed by atoms with Crippen LogP contribution in [-0.4, -0.2) is 45.0 Å². The number of thioether (sulfide) groups is 1. The zero-order chi connectivity index (χ0) is 29.0. The van der Waals surface area contributed by atoms with E-state index in [2.05, 4.69) is 20.0 Å². The van der Waals surface area contributed by atoms with Gasteiger partial charge in [0.15, 0.2) is 11.8 Å². The van der Waals surface area contributed by atoms with Crippen molar-refractivity contribution >= 4 is 29.0 Å². The number of amides is 1. The van der Waals surface area contributed by atoms with E-state index >= 15 is 0 Å². The van der Waals surface area contributed by atoms with E-state index in [0.29, 0.717) is 23.4 Å². The van der Waals surface area contributed by atoms with E-state index in [-0.39, 0.29) is 16.5 Å². The zero-order valence-electron chi connectivity index (χ0n) is 19.6. The van der Waals surface area contributed by atoms with Gasteiger partial charge < -0.3 is 10.1 Å². The SMILES string of the molecule is CC(Sc1nc(-c2ccccc2)cc(C(F)(F)F)n1)C(=O)Nc1cc(OCC(F)(F)C(F)F)cc([N+](=O)[O-])c1. The van der Waals surface area contributed by atoms with Gasteiger partial charge in [0.05, 0.1) is 27.6 Å². The van der Waals surface area contributed by atoms with E-state index in [1.54, 1.807) is 18.2 Å². The lowest BCUT2D eigenvalue weighted by Crippen LogP contribution is -2.33. The molecule has 8 nitrogen and oxygen atoms in total. The maximum absolute atomic E-state index is 13.4. The van der Waals surface area contributed by atoms with Crippen molar-refractivity contribution < 1.29 is 45.2 Å². The summed E-state index contributed by atoms with van der Waals surface area (Å²) in [5, 5.41) is 11.9. The molecule has 39 heavy (non-hydrogen) atoms. The maximum atomic E-state index is 13.4. The van der Waals surface area contributed by atoms with Gasteiger partial charge in [-0.2, -0.15) is 22.0 Å². The first kappa shape index (κ1) is 29.6. The van der Waals surface area contributed by atoms with Gasteiger partial charge in [-0.1, -0.05) is 42.1 Å². The van der Waals surface area contributed by atoms with E-state index < -0.39 is 58.3 Å². The molecule has 208 valence electrons. The van der Waals surface area contributed by atoms with E-state index in [0.717, 1.165) is 18.2 Å². The van der Waals surface area contributed by atoms with Crippen LogP contribution < -0.4 is 10.1 Å². The minimum atomic E-state index is -4.81. The number of hydrogen-bond donors (Lipinski definition) is 1. The van der Waals surface area contributed by atoms with Gasteiger partial charge in [0, 0.05) is 17.7 Å². The molecule has 0 radical (unpaired) electrons. The highest BCUT2D eigenvalue weighted by Crippen LogP contribution is 2.34. The number of ether oxygens (including phenoxy) is 1. The van der Waals surface area contributed by atoms with Crippen LogP contribution >= 0.6 is 11.8 Å². The number of nitro groups is 1. The molecule has 3 rings (SSSR count). The van der Waals surface area contributed by atoms with Gasteiger partial charge >= 0.3 is 18.5 Å². The van der Waals surface area contributed by atoms with E-state index in [9.17, 15) is 45.6 Å². The molecule has 1 aromatic heterocycles. The quantitative estimate of drug-likeness (QED) is 0.0966. The lowest BCUT2D eigenvalue weighted by molar-refractivity contribution is -0.384. The maximum Gasteiger partial charge on any atom is 0.433 e. The topological polar surface area (TPSA) is 107 Å². The van der Waals surface area contributed by atoms with Crippen LogP contribution in [-0.2, 0) is 11.0 Å². The summed E-state index contributed by atoms with van der Waals surface area (Å²) < 4.78 is 96.0. The Morgan fingerprint density at radius 1 is 1.08 bits per heavy atom. The van der Waals surface area contributed by atoms with Crippen LogP contribution in [0.3, 0.4) is 0 Å². The Morgan fingerprint density at radius 3 is 2.33 bits per heavy atom. The Labute approximate surface area is 219 Å². The van der Waals surface area contributed by atoms with Crippen molar-refractivity contribution in [2.75, 3.05) is 11.9 Å². The molecule has 0 aliphatic rings. The molecular weight excluding hydrogens is 561 g/mol. The molecule has 0 spiro atoms. The number of nitrogens with zero attached hydrogens (tertiary/aromatic N) is 3. The Bertz CT molecular complexity index is 1340. The standard InChI is InChI=1S/C23H17F7N4O4S/c1-12(39-21-32-17(13-5-3-2-4-6-13)10-18(33-21)23(28,29)30)19(35)31-14-7-15(34(36)37)9-16(8-14)38-11-22(26,27)20(24)25/h2-10,12,20H,11H2,1H3,(H,31,35). The van der Waals surface area contributed by atoms with Crippen LogP contribution in [0.2, 0.25) is 0 Å². The summed E-state index contributed by atoms with van der Waals surface area (Å²) in [6, 6.07) is 11.1. The van der Waals surface area contributed by atoms with Crippen molar-refractivity contribution in [1.29, 1.82) is 0 Å². The van der Waals surface area contributed by atoms with Crippen LogP contribution in [0.25, 0.3) is 11.3 Å². The fraction of sp³-hybridized carbons (Fsp3) is 0.261. The molecule has 1 unspecified atom stereocenters. The molecule has 1 heterocycles. The van der Waals surface area contributed by atoms with E-state index in [1.807, 2.05) is 0 Å². The highest BCUT2D eigenvalue weighted by atomic mass is 32.2. The highest BCUT2D eigenvalue weighted by molar-refractivity contribution is 8.00. The molecule has 0 bridgehead atoms. The van der Waals surface area contributed by atoms with Gasteiger partial charge in [0.1, 0.15) is 11.4 Å². The number of carbonyl (C=O) groups is 1. The van der Waals surface area contributed by atoms with Crippen molar-refractivity contribution in [3.8, 4) is 17.0 Å². The van der Waals surface area contributed by atoms with Gasteiger partial charge in [0.25, 0.3) is 5.69 Å². The van der Waals surface area contributed by atoms with Crippen LogP contribution in [0.1, 0.15) is 12.6 Å². The largest absolute Gasteiger partial charge is 0.487 e. The number of anilines is 1. The van der Waals surface area contributed by atoms with Crippen LogP contribution in [0.15, 0.2) is 59.8 Å². The summed E-state index contributed by atoms with van der Waals surface area (Å²) >= 11 is 0.560. The molecule has 16 heteroatoms. The molecular formula is C23H17F7N4O4S. The lowest BCUT2D eigenvalue weighted by atomic mass is 10.1. The minimum Gasteiger partial charge on any atom is -0.487 e. The molecule has 0 fully saturated rings. The number of aromatic nitrogens is 2. The second-order valence-electron chi connectivity index (χ2n) is 7.86. The Hall–Kier alpha value is -3.95. The molecule has 0 aliphatic carbocycles. The summed E-state index contributed by atoms with van der Waals surface area (Å²) in [5.41, 5.74) is -1.95. The number of nitrogens with one attached hydrogen (secondary N) is 1. The Morgan fingerprint density at radius 2 is 1.74 bits per heavy atom. The monoisotopic (exact) mass is 578 g/mol. The first-order valence-electron chi connectivity index (χ1n) is 10.7. The first-order valence-corrected chi connectivity index (χ1v) is 11.6. The zero-order valence-corrected chi connectivity index (χ0v) is 20.4. The van der Waals surface area contributed by atoms with Gasteiger partial charge in [-0.3, -0.25) is 14.9 Å². The Kier molecular flexibility index (Phi) is 8.99. The summed E-state index contributed by atoms with van der Waals surface area (Å²) in [5.74, 6) is -6.01. The normalized spacial score (nSPS) is 12.7. The van der Waals surface area contributed by atoms with Crippen molar-refractivity contribution in [3.63, 3.8) is 0 Å². The average molecular weight is 578 g/mol. The molecule has 1 amide bonds. The predicted molar refractivity (Wildman–Crippen MR) is 126 cm³/mol. The molecule has 0 saturated carbocycles. The molecule has 0 saturated heterocycles. The predicted octanol–water partition coefficient (Wildman–Crippen LogP) is 6.47. The molecule has 1 atom stereocenters. The molecule has 0 aliphatic heterocycles. The average Bonchev–Trinajstić information content (AvgIpc) is 2.87. The summed E-state index contributed by atoms with van der Waals surface area (Å²) in [4.78, 5) is 30.5. The molecule has 3 aromatic rings. The second kappa shape index (κ2) is 11.8. The molecule has 2 aromatic carbocycles. The third-order valence-electron chi connectivity index (χ3n) is 4.84.